The number of ether oxygens (including phenoxy) is 2. The third-order valence-electron chi connectivity index (χ3n) is 5.48. The van der Waals surface area contributed by atoms with Gasteiger partial charge in [-0.3, -0.25) is 4.79 Å². The number of H-pyrrole nitrogens is 1. The van der Waals surface area contributed by atoms with Crippen LogP contribution in [-0.4, -0.2) is 25.2 Å². The summed E-state index contributed by atoms with van der Waals surface area (Å²) < 4.78 is 35.6. The van der Waals surface area contributed by atoms with Crippen LogP contribution < -0.4 is 25.7 Å². The summed E-state index contributed by atoms with van der Waals surface area (Å²) in [5.41, 5.74) is 1.96. The first-order valence-electron chi connectivity index (χ1n) is 10.8. The van der Waals surface area contributed by atoms with Gasteiger partial charge in [0.05, 0.1) is 14.2 Å². The first-order valence-corrected chi connectivity index (χ1v) is 11.9. The highest BCUT2D eigenvalue weighted by Crippen LogP contribution is 2.38. The number of halogens is 3. The molecule has 186 valence electrons. The number of amides is 2. The first kappa shape index (κ1) is 25.4. The zero-order valence-electron chi connectivity index (χ0n) is 19.3. The molecule has 0 atom stereocenters. The second-order valence-electron chi connectivity index (χ2n) is 7.94. The summed E-state index contributed by atoms with van der Waals surface area (Å²) in [6.45, 7) is 0. The number of para-hydroxylation sites is 1. The van der Waals surface area contributed by atoms with Crippen molar-refractivity contribution in [2.45, 2.75) is 10.4 Å². The predicted octanol–water partition coefficient (Wildman–Crippen LogP) is 6.26. The van der Waals surface area contributed by atoms with Crippen molar-refractivity contribution in [1.29, 1.82) is 0 Å². The van der Waals surface area contributed by atoms with Gasteiger partial charge in [-0.05, 0) is 35.7 Å². The van der Waals surface area contributed by atoms with E-state index in [0.717, 1.165) is 39.8 Å². The van der Waals surface area contributed by atoms with Gasteiger partial charge in [-0.15, -0.1) is 0 Å². The van der Waals surface area contributed by atoms with E-state index in [4.69, 9.17) is 9.47 Å². The first-order chi connectivity index (χ1) is 17.2. The van der Waals surface area contributed by atoms with E-state index in [2.05, 4.69) is 15.6 Å². The zero-order chi connectivity index (χ0) is 25.9. The fourth-order valence-electron chi connectivity index (χ4n) is 3.83. The van der Waals surface area contributed by atoms with Crippen molar-refractivity contribution in [3.8, 4) is 11.5 Å². The molecular weight excluding hydrogens is 583 g/mol. The molecule has 7 nitrogen and oxygen atoms in total. The van der Waals surface area contributed by atoms with E-state index in [1.165, 1.54) is 14.2 Å². The minimum atomic E-state index is -3.21. The number of carbonyl (C=O) groups is 1. The zero-order valence-corrected chi connectivity index (χ0v) is 21.5. The molecule has 3 aromatic carbocycles. The molecule has 1 aromatic heterocycles. The van der Waals surface area contributed by atoms with Crippen molar-refractivity contribution in [3.05, 3.63) is 93.8 Å². The van der Waals surface area contributed by atoms with E-state index in [1.807, 2.05) is 12.1 Å². The van der Waals surface area contributed by atoms with E-state index in [9.17, 15) is 18.4 Å². The molecule has 0 spiro atoms. The van der Waals surface area contributed by atoms with E-state index < -0.39 is 15.5 Å². The number of benzene rings is 3. The maximum atomic E-state index is 14.2. The fourth-order valence-corrected chi connectivity index (χ4v) is 4.27. The van der Waals surface area contributed by atoms with E-state index in [1.54, 1.807) is 48.5 Å². The number of anilines is 2. The average Bonchev–Trinajstić information content (AvgIpc) is 2.84. The third-order valence-corrected chi connectivity index (χ3v) is 6.06. The second kappa shape index (κ2) is 10.5. The van der Waals surface area contributed by atoms with E-state index >= 15 is 0 Å². The van der Waals surface area contributed by atoms with Gasteiger partial charge in [-0.2, -0.15) is 8.78 Å². The Bertz CT molecular complexity index is 1460. The lowest BCUT2D eigenvalue weighted by Crippen LogP contribution is -2.20. The summed E-state index contributed by atoms with van der Waals surface area (Å²) in [4.78, 5) is 27.1. The highest BCUT2D eigenvalue weighted by Gasteiger charge is 2.30. The largest absolute Gasteiger partial charge is 0.497 e. The number of rotatable bonds is 7. The van der Waals surface area contributed by atoms with Gasteiger partial charge in [0.25, 0.3) is 0 Å². The Kier molecular flexibility index (Phi) is 7.43. The number of carbonyl (C=O) groups excluding carboxylic acids is 1. The summed E-state index contributed by atoms with van der Waals surface area (Å²) in [6, 6.07) is 17.7. The average molecular weight is 605 g/mol. The molecule has 0 saturated heterocycles. The highest BCUT2D eigenvalue weighted by atomic mass is 127. The highest BCUT2D eigenvalue weighted by molar-refractivity contribution is 14.1. The number of fused-ring (bicyclic) bond motifs is 1. The topological polar surface area (TPSA) is 92.5 Å². The smallest absolute Gasteiger partial charge is 0.323 e. The van der Waals surface area contributed by atoms with Crippen LogP contribution in [0.4, 0.5) is 25.0 Å². The van der Waals surface area contributed by atoms with Gasteiger partial charge in [-0.1, -0.05) is 24.3 Å². The maximum absolute atomic E-state index is 14.2. The molecule has 0 unspecified atom stereocenters. The number of hydrogen-bond acceptors (Lipinski definition) is 4. The number of pyridine rings is 1. The Labute approximate surface area is 219 Å². The monoisotopic (exact) mass is 605 g/mol. The second-order valence-corrected chi connectivity index (χ2v) is 9.29. The SMILES string of the molecule is COc1cc(NC(=O)Nc2ccccc2Cc2ccc3[nH]c(=O)cc(C(F)(F)I)c3c2)cc(OC)c1. The van der Waals surface area contributed by atoms with Crippen molar-refractivity contribution in [3.63, 3.8) is 0 Å². The summed E-state index contributed by atoms with van der Waals surface area (Å²) in [5, 5.41) is 5.86. The van der Waals surface area contributed by atoms with Crippen LogP contribution in [0, 0.1) is 0 Å². The molecule has 0 bridgehead atoms. The van der Waals surface area contributed by atoms with Gasteiger partial charge >= 0.3 is 9.96 Å². The van der Waals surface area contributed by atoms with Gasteiger partial charge in [0.15, 0.2) is 0 Å². The molecule has 10 heteroatoms. The molecule has 0 saturated carbocycles. The minimum absolute atomic E-state index is 0.265. The van der Waals surface area contributed by atoms with Crippen LogP contribution in [0.25, 0.3) is 10.9 Å². The number of nitrogens with one attached hydrogen (secondary N) is 3. The fraction of sp³-hybridized carbons (Fsp3) is 0.154. The minimum Gasteiger partial charge on any atom is -0.497 e. The Morgan fingerprint density at radius 3 is 2.33 bits per heavy atom. The summed E-state index contributed by atoms with van der Waals surface area (Å²) in [5.74, 6) is 1.05. The van der Waals surface area contributed by atoms with Gasteiger partial charge in [-0.25, -0.2) is 4.79 Å². The van der Waals surface area contributed by atoms with E-state index in [0.29, 0.717) is 34.8 Å². The van der Waals surface area contributed by atoms with Crippen molar-refractivity contribution < 1.29 is 23.0 Å². The van der Waals surface area contributed by atoms with Crippen molar-refractivity contribution in [2.24, 2.45) is 0 Å². The molecular formula is C26H22F2IN3O4. The van der Waals surface area contributed by atoms with Crippen LogP contribution in [0.1, 0.15) is 16.7 Å². The van der Waals surface area contributed by atoms with Crippen LogP contribution in [0.15, 0.2) is 71.5 Å². The lowest BCUT2D eigenvalue weighted by Gasteiger charge is -2.15. The standard InChI is InChI=1S/C26H22F2IN3O4/c1-35-18-11-17(12-19(13-18)36-2)30-25(34)32-22-6-4-3-5-16(22)9-15-7-8-23-20(10-15)21(26(27,28)29)14-24(33)31-23/h3-8,10-14H,9H2,1-2H3,(H,31,33)(H2,30,32,34). The lowest BCUT2D eigenvalue weighted by atomic mass is 10.00. The van der Waals surface area contributed by atoms with Crippen LogP contribution in [0.2, 0.25) is 0 Å². The maximum Gasteiger partial charge on any atom is 0.323 e. The molecule has 1 heterocycles. The van der Waals surface area contributed by atoms with Crippen LogP contribution in [-0.2, 0) is 10.4 Å². The molecule has 0 aliphatic rings. The molecule has 36 heavy (non-hydrogen) atoms. The summed E-state index contributed by atoms with van der Waals surface area (Å²) in [7, 11) is 3.03. The summed E-state index contributed by atoms with van der Waals surface area (Å²) >= 11 is 1.02. The van der Waals surface area contributed by atoms with Gasteiger partial charge in [0, 0.05) is 74.7 Å². The molecule has 0 fully saturated rings. The van der Waals surface area contributed by atoms with Crippen LogP contribution in [0.3, 0.4) is 0 Å². The predicted molar refractivity (Wildman–Crippen MR) is 144 cm³/mol. The Morgan fingerprint density at radius 1 is 0.972 bits per heavy atom. The van der Waals surface area contributed by atoms with Crippen molar-refractivity contribution >= 4 is 50.9 Å². The molecule has 0 aliphatic carbocycles. The number of urea groups is 1. The number of methoxy groups -OCH3 is 2. The third kappa shape index (κ3) is 5.93. The Balaban J connectivity index is 1.58. The molecule has 0 aliphatic heterocycles. The molecule has 4 rings (SSSR count). The molecule has 3 N–H and O–H groups in total. The van der Waals surface area contributed by atoms with Gasteiger partial charge in [0.1, 0.15) is 11.5 Å². The van der Waals surface area contributed by atoms with Crippen LogP contribution in [0.5, 0.6) is 11.5 Å². The van der Waals surface area contributed by atoms with Gasteiger partial charge < -0.3 is 25.1 Å². The number of aromatic amines is 1. The molecule has 2 amide bonds. The Morgan fingerprint density at radius 2 is 1.67 bits per heavy atom. The van der Waals surface area contributed by atoms with Crippen LogP contribution >= 0.6 is 22.6 Å². The number of alkyl halides is 3. The summed E-state index contributed by atoms with van der Waals surface area (Å²) in [6.07, 6.45) is 0.366. The Hall–Kier alpha value is -3.67. The molecule has 0 radical (unpaired) electrons. The molecule has 4 aromatic rings. The lowest BCUT2D eigenvalue weighted by molar-refractivity contribution is 0.129. The van der Waals surface area contributed by atoms with Crippen molar-refractivity contribution in [1.82, 2.24) is 4.98 Å². The van der Waals surface area contributed by atoms with Crippen molar-refractivity contribution in [2.75, 3.05) is 24.9 Å². The number of aromatic nitrogens is 1. The normalized spacial score (nSPS) is 11.2. The quantitative estimate of drug-likeness (QED) is 0.171. The number of hydrogen-bond donors (Lipinski definition) is 3. The van der Waals surface area contributed by atoms with E-state index in [-0.39, 0.29) is 10.9 Å². The van der Waals surface area contributed by atoms with Gasteiger partial charge in [0.2, 0.25) is 5.56 Å².